The number of anilines is 1. The molecule has 2 aromatic carbocycles. The third kappa shape index (κ3) is 5.28. The highest BCUT2D eigenvalue weighted by Crippen LogP contribution is 2.24. The predicted molar refractivity (Wildman–Crippen MR) is 131 cm³/mol. The molecule has 0 aliphatic carbocycles. The van der Waals surface area contributed by atoms with Gasteiger partial charge in [-0.25, -0.2) is 0 Å². The maximum absolute atomic E-state index is 13.1. The van der Waals surface area contributed by atoms with Crippen molar-refractivity contribution in [3.8, 4) is 11.4 Å². The van der Waals surface area contributed by atoms with E-state index >= 15 is 0 Å². The zero-order valence-electron chi connectivity index (χ0n) is 18.6. The van der Waals surface area contributed by atoms with Crippen LogP contribution in [-0.2, 0) is 11.3 Å². The van der Waals surface area contributed by atoms with E-state index in [1.807, 2.05) is 30.3 Å². The highest BCUT2D eigenvalue weighted by Gasteiger charge is 2.31. The fourth-order valence-electron chi connectivity index (χ4n) is 4.65. The van der Waals surface area contributed by atoms with Gasteiger partial charge in [-0.05, 0) is 62.3 Å². The van der Waals surface area contributed by atoms with Crippen LogP contribution in [0.25, 0.3) is 11.4 Å². The number of piperazine rings is 1. The van der Waals surface area contributed by atoms with Gasteiger partial charge in [0.15, 0.2) is 0 Å². The molecule has 0 N–H and O–H groups in total. The summed E-state index contributed by atoms with van der Waals surface area (Å²) < 4.78 is 6.49. The Bertz CT molecular complexity index is 1060. The Morgan fingerprint density at radius 3 is 2.33 bits per heavy atom. The van der Waals surface area contributed by atoms with Gasteiger partial charge in [0, 0.05) is 47.8 Å². The van der Waals surface area contributed by atoms with Crippen LogP contribution in [0.3, 0.4) is 0 Å². The first kappa shape index (κ1) is 22.1. The number of piperidine rings is 1. The Morgan fingerprint density at radius 1 is 0.939 bits per heavy atom. The summed E-state index contributed by atoms with van der Waals surface area (Å²) in [7, 11) is 0. The fraction of sp³-hybridized carbons (Fsp3) is 0.400. The molecule has 2 aliphatic rings. The molecular formula is C25H28BrN5O2. The van der Waals surface area contributed by atoms with E-state index in [1.165, 1.54) is 5.69 Å². The zero-order valence-corrected chi connectivity index (χ0v) is 20.2. The molecule has 33 heavy (non-hydrogen) atoms. The second kappa shape index (κ2) is 10.1. The van der Waals surface area contributed by atoms with Crippen molar-refractivity contribution in [2.45, 2.75) is 19.4 Å². The van der Waals surface area contributed by atoms with Gasteiger partial charge in [0.05, 0.1) is 6.54 Å². The second-order valence-corrected chi connectivity index (χ2v) is 9.63. The Kier molecular flexibility index (Phi) is 6.73. The van der Waals surface area contributed by atoms with Crippen LogP contribution in [0.4, 0.5) is 5.69 Å². The largest absolute Gasteiger partial charge is 0.368 e. The van der Waals surface area contributed by atoms with E-state index < -0.39 is 0 Å². The van der Waals surface area contributed by atoms with Crippen molar-refractivity contribution in [2.75, 3.05) is 44.2 Å². The van der Waals surface area contributed by atoms with Gasteiger partial charge in [0.25, 0.3) is 0 Å². The lowest BCUT2D eigenvalue weighted by atomic mass is 9.95. The molecule has 1 amide bonds. The molecule has 2 fully saturated rings. The van der Waals surface area contributed by atoms with Crippen molar-refractivity contribution in [1.82, 2.24) is 19.9 Å². The smallest absolute Gasteiger partial charge is 0.241 e. The van der Waals surface area contributed by atoms with Crippen molar-refractivity contribution >= 4 is 27.5 Å². The molecule has 0 spiro atoms. The SMILES string of the molecule is O=C(C1CCN(Cc2nc(-c3ccc(Br)cc3)no2)CC1)N1CCN(c2ccccc2)CC1. The molecule has 0 radical (unpaired) electrons. The molecule has 0 unspecified atom stereocenters. The van der Waals surface area contributed by atoms with Crippen LogP contribution in [0, 0.1) is 5.92 Å². The Labute approximate surface area is 202 Å². The minimum atomic E-state index is 0.116. The van der Waals surface area contributed by atoms with E-state index in [9.17, 15) is 4.79 Å². The average Bonchev–Trinajstić information content (AvgIpc) is 3.33. The van der Waals surface area contributed by atoms with Crippen LogP contribution in [0.1, 0.15) is 18.7 Å². The number of carbonyl (C=O) groups excluding carboxylic acids is 1. The number of halogens is 1. The van der Waals surface area contributed by atoms with Crippen LogP contribution >= 0.6 is 15.9 Å². The Morgan fingerprint density at radius 2 is 1.64 bits per heavy atom. The molecule has 172 valence electrons. The molecule has 0 bridgehead atoms. The number of likely N-dealkylation sites (tertiary alicyclic amines) is 1. The third-order valence-electron chi connectivity index (χ3n) is 6.58. The van der Waals surface area contributed by atoms with E-state index in [4.69, 9.17) is 4.52 Å². The second-order valence-electron chi connectivity index (χ2n) is 8.72. The van der Waals surface area contributed by atoms with Crippen molar-refractivity contribution in [2.24, 2.45) is 5.92 Å². The minimum absolute atomic E-state index is 0.116. The molecule has 5 rings (SSSR count). The van der Waals surface area contributed by atoms with Gasteiger partial charge in [-0.3, -0.25) is 9.69 Å². The molecule has 8 heteroatoms. The molecule has 0 atom stereocenters. The van der Waals surface area contributed by atoms with Gasteiger partial charge in [-0.15, -0.1) is 0 Å². The predicted octanol–water partition coefficient (Wildman–Crippen LogP) is 4.06. The van der Waals surface area contributed by atoms with E-state index in [1.54, 1.807) is 0 Å². The number of hydrogen-bond donors (Lipinski definition) is 0. The van der Waals surface area contributed by atoms with Gasteiger partial charge in [-0.1, -0.05) is 39.3 Å². The molecular weight excluding hydrogens is 482 g/mol. The van der Waals surface area contributed by atoms with Gasteiger partial charge in [0.2, 0.25) is 17.6 Å². The molecule has 2 aliphatic heterocycles. The summed E-state index contributed by atoms with van der Waals surface area (Å²) in [5.74, 6) is 1.66. The number of amides is 1. The molecule has 2 saturated heterocycles. The van der Waals surface area contributed by atoms with Gasteiger partial charge in [-0.2, -0.15) is 4.98 Å². The zero-order chi connectivity index (χ0) is 22.6. The van der Waals surface area contributed by atoms with E-state index in [0.29, 0.717) is 24.2 Å². The highest BCUT2D eigenvalue weighted by atomic mass is 79.9. The summed E-state index contributed by atoms with van der Waals surface area (Å²) in [6.45, 7) is 5.76. The summed E-state index contributed by atoms with van der Waals surface area (Å²) in [4.78, 5) is 24.4. The van der Waals surface area contributed by atoms with Crippen LogP contribution in [-0.4, -0.2) is 65.1 Å². The van der Waals surface area contributed by atoms with Gasteiger partial charge >= 0.3 is 0 Å². The quantitative estimate of drug-likeness (QED) is 0.516. The average molecular weight is 510 g/mol. The summed E-state index contributed by atoms with van der Waals surface area (Å²) in [6.07, 6.45) is 1.76. The summed E-state index contributed by atoms with van der Waals surface area (Å²) in [6, 6.07) is 18.3. The monoisotopic (exact) mass is 509 g/mol. The van der Waals surface area contributed by atoms with Crippen molar-refractivity contribution in [1.29, 1.82) is 0 Å². The first-order chi connectivity index (χ1) is 16.2. The summed E-state index contributed by atoms with van der Waals surface area (Å²) in [5.41, 5.74) is 2.17. The Balaban J connectivity index is 1.09. The topological polar surface area (TPSA) is 65.7 Å². The molecule has 1 aromatic heterocycles. The standard InChI is InChI=1S/C25H28BrN5O2/c26-21-8-6-19(7-9-21)24-27-23(33-28-24)18-29-12-10-20(11-13-29)25(32)31-16-14-30(15-17-31)22-4-2-1-3-5-22/h1-9,20H,10-18H2. The Hall–Kier alpha value is -2.71. The molecule has 3 heterocycles. The molecule has 0 saturated carbocycles. The van der Waals surface area contributed by atoms with Crippen molar-refractivity contribution in [3.05, 3.63) is 65.0 Å². The lowest BCUT2D eigenvalue weighted by molar-refractivity contribution is -0.137. The maximum Gasteiger partial charge on any atom is 0.241 e. The maximum atomic E-state index is 13.1. The highest BCUT2D eigenvalue weighted by molar-refractivity contribution is 9.10. The lowest BCUT2D eigenvalue weighted by Gasteiger charge is -2.39. The number of aromatic nitrogens is 2. The minimum Gasteiger partial charge on any atom is -0.368 e. The lowest BCUT2D eigenvalue weighted by Crippen LogP contribution is -2.51. The fourth-order valence-corrected chi connectivity index (χ4v) is 4.91. The summed E-state index contributed by atoms with van der Waals surface area (Å²) in [5, 5.41) is 4.12. The van der Waals surface area contributed by atoms with Gasteiger partial charge in [0.1, 0.15) is 0 Å². The van der Waals surface area contributed by atoms with Crippen LogP contribution in [0.2, 0.25) is 0 Å². The number of para-hydroxylation sites is 1. The van der Waals surface area contributed by atoms with E-state index in [2.05, 4.69) is 65.0 Å². The number of hydrogen-bond acceptors (Lipinski definition) is 6. The number of carbonyl (C=O) groups is 1. The third-order valence-corrected chi connectivity index (χ3v) is 7.11. The first-order valence-corrected chi connectivity index (χ1v) is 12.3. The van der Waals surface area contributed by atoms with Crippen molar-refractivity contribution in [3.63, 3.8) is 0 Å². The van der Waals surface area contributed by atoms with E-state index in [0.717, 1.165) is 62.1 Å². The van der Waals surface area contributed by atoms with E-state index in [-0.39, 0.29) is 5.92 Å². The number of nitrogens with zero attached hydrogens (tertiary/aromatic N) is 5. The number of benzene rings is 2. The van der Waals surface area contributed by atoms with Gasteiger partial charge < -0.3 is 14.3 Å². The molecule has 3 aromatic rings. The van der Waals surface area contributed by atoms with Crippen LogP contribution in [0.5, 0.6) is 0 Å². The van der Waals surface area contributed by atoms with Crippen LogP contribution in [0.15, 0.2) is 63.6 Å². The molecule has 7 nitrogen and oxygen atoms in total. The van der Waals surface area contributed by atoms with Crippen molar-refractivity contribution < 1.29 is 9.32 Å². The van der Waals surface area contributed by atoms with Crippen LogP contribution < -0.4 is 4.90 Å². The number of rotatable bonds is 5. The summed E-state index contributed by atoms with van der Waals surface area (Å²) >= 11 is 3.44. The first-order valence-electron chi connectivity index (χ1n) is 11.6. The normalized spacial score (nSPS) is 18.0.